The molecule has 3 aliphatic rings. The monoisotopic (exact) mass is 492 g/mol. The van der Waals surface area contributed by atoms with Gasteiger partial charge in [0.2, 0.25) is 0 Å². The van der Waals surface area contributed by atoms with Gasteiger partial charge in [-0.25, -0.2) is 14.8 Å². The summed E-state index contributed by atoms with van der Waals surface area (Å²) >= 11 is 6.29. The van der Waals surface area contributed by atoms with Gasteiger partial charge < -0.3 is 15.7 Å². The first-order chi connectivity index (χ1) is 16.9. The van der Waals surface area contributed by atoms with E-state index in [2.05, 4.69) is 22.1 Å². The molecule has 1 fully saturated rings. The molecule has 1 unspecified atom stereocenters. The molecule has 1 atom stereocenters. The minimum Gasteiger partial charge on any atom is -0.478 e. The summed E-state index contributed by atoms with van der Waals surface area (Å²) in [6.45, 7) is 1.21. The number of amides is 1. The van der Waals surface area contributed by atoms with Crippen LogP contribution in [0.15, 0.2) is 53.9 Å². The standard InChI is InChI=1S/C27H29ClN4O3/c28-20-6-2-5-19(14-20)27(15-29)10-7-21(8-11-27)32-12-9-22-23(30-16-31-24(22)25(32)33)17-3-1-4-18(13-17)26(34)35/h1-4,6,13-14,16,19,21H,5,7-12,15,29H2,(H,34,35)/t19?,21-,27-. The summed E-state index contributed by atoms with van der Waals surface area (Å²) in [4.78, 5) is 35.7. The van der Waals surface area contributed by atoms with Crippen molar-refractivity contribution in [3.05, 3.63) is 70.7 Å². The highest BCUT2D eigenvalue weighted by Gasteiger charge is 2.43. The normalized spacial score (nSPS) is 26.3. The fraction of sp³-hybridized carbons (Fsp3) is 0.407. The molecule has 5 rings (SSSR count). The summed E-state index contributed by atoms with van der Waals surface area (Å²) < 4.78 is 0. The van der Waals surface area contributed by atoms with Crippen LogP contribution in [0.2, 0.25) is 0 Å². The van der Waals surface area contributed by atoms with Crippen molar-refractivity contribution in [1.82, 2.24) is 14.9 Å². The highest BCUT2D eigenvalue weighted by molar-refractivity contribution is 6.31. The highest BCUT2D eigenvalue weighted by atomic mass is 35.5. The third-order valence-electron chi connectivity index (χ3n) is 8.01. The molecule has 2 aromatic rings. The van der Waals surface area contributed by atoms with Crippen LogP contribution in [0.3, 0.4) is 0 Å². The second-order valence-corrected chi connectivity index (χ2v) is 10.2. The molecular formula is C27H29ClN4O3. The van der Waals surface area contributed by atoms with Gasteiger partial charge in [0.25, 0.3) is 5.91 Å². The molecule has 7 nitrogen and oxygen atoms in total. The molecule has 1 amide bonds. The zero-order valence-corrected chi connectivity index (χ0v) is 20.2. The number of nitrogens with zero attached hydrogens (tertiary/aromatic N) is 3. The van der Waals surface area contributed by atoms with Gasteiger partial charge in [-0.05, 0) is 74.6 Å². The first kappa shape index (κ1) is 23.7. The van der Waals surface area contributed by atoms with Gasteiger partial charge in [-0.3, -0.25) is 4.79 Å². The number of allylic oxidation sites excluding steroid dienone is 4. The Hall–Kier alpha value is -3.03. The number of nitrogens with two attached hydrogens (primary N) is 1. The number of benzene rings is 1. The van der Waals surface area contributed by atoms with E-state index in [0.29, 0.717) is 42.4 Å². The van der Waals surface area contributed by atoms with Gasteiger partial charge in [-0.1, -0.05) is 35.9 Å². The summed E-state index contributed by atoms with van der Waals surface area (Å²) in [6, 6.07) is 6.81. The number of carboxylic acids is 1. The summed E-state index contributed by atoms with van der Waals surface area (Å²) in [6.07, 6.45) is 12.9. The van der Waals surface area contributed by atoms with Crippen molar-refractivity contribution >= 4 is 23.5 Å². The average Bonchev–Trinajstić information content (AvgIpc) is 2.89. The van der Waals surface area contributed by atoms with Crippen LogP contribution < -0.4 is 5.73 Å². The number of hydrogen-bond donors (Lipinski definition) is 2. The second kappa shape index (κ2) is 9.55. The third-order valence-corrected chi connectivity index (χ3v) is 8.26. The molecule has 1 aromatic carbocycles. The van der Waals surface area contributed by atoms with E-state index in [0.717, 1.165) is 42.7 Å². The average molecular weight is 493 g/mol. The van der Waals surface area contributed by atoms with Gasteiger partial charge in [0, 0.05) is 28.7 Å². The van der Waals surface area contributed by atoms with E-state index >= 15 is 0 Å². The highest BCUT2D eigenvalue weighted by Crippen LogP contribution is 2.47. The Morgan fingerprint density at radius 3 is 2.71 bits per heavy atom. The molecular weight excluding hydrogens is 464 g/mol. The zero-order valence-electron chi connectivity index (χ0n) is 19.5. The molecule has 0 radical (unpaired) electrons. The Balaban J connectivity index is 1.35. The fourth-order valence-corrected chi connectivity index (χ4v) is 6.23. The molecule has 8 heteroatoms. The maximum Gasteiger partial charge on any atom is 0.335 e. The SMILES string of the molecule is NC[C@]1(C2C=C(Cl)C=CC2)CC[C@H](N2CCc3c(ncnc3-c3cccc(C(=O)O)c3)C2=O)CC1. The number of hydrogen-bond acceptors (Lipinski definition) is 5. The molecule has 2 heterocycles. The maximum absolute atomic E-state index is 13.5. The minimum absolute atomic E-state index is 0.0165. The number of rotatable bonds is 5. The molecule has 0 bridgehead atoms. The van der Waals surface area contributed by atoms with Crippen molar-refractivity contribution in [2.24, 2.45) is 17.1 Å². The zero-order chi connectivity index (χ0) is 24.6. The fourth-order valence-electron chi connectivity index (χ4n) is 5.99. The van der Waals surface area contributed by atoms with Gasteiger partial charge in [0.15, 0.2) is 0 Å². The first-order valence-corrected chi connectivity index (χ1v) is 12.5. The lowest BCUT2D eigenvalue weighted by Crippen LogP contribution is -2.50. The maximum atomic E-state index is 13.5. The molecule has 182 valence electrons. The van der Waals surface area contributed by atoms with Crippen LogP contribution in [0.4, 0.5) is 0 Å². The molecule has 3 N–H and O–H groups in total. The van der Waals surface area contributed by atoms with Crippen LogP contribution in [0.5, 0.6) is 0 Å². The Morgan fingerprint density at radius 1 is 1.23 bits per heavy atom. The lowest BCUT2D eigenvalue weighted by Gasteiger charge is -2.47. The van der Waals surface area contributed by atoms with Crippen molar-refractivity contribution < 1.29 is 14.7 Å². The smallest absolute Gasteiger partial charge is 0.335 e. The second-order valence-electron chi connectivity index (χ2n) is 9.78. The van der Waals surface area contributed by atoms with Crippen molar-refractivity contribution in [3.63, 3.8) is 0 Å². The van der Waals surface area contributed by atoms with Gasteiger partial charge in [0.05, 0.1) is 11.3 Å². The van der Waals surface area contributed by atoms with Crippen molar-refractivity contribution in [1.29, 1.82) is 0 Å². The molecule has 1 saturated carbocycles. The number of carbonyl (C=O) groups excluding carboxylic acids is 1. The van der Waals surface area contributed by atoms with Crippen LogP contribution in [0, 0.1) is 11.3 Å². The van der Waals surface area contributed by atoms with Crippen molar-refractivity contribution in [3.8, 4) is 11.3 Å². The van der Waals surface area contributed by atoms with Gasteiger partial charge in [0.1, 0.15) is 12.0 Å². The summed E-state index contributed by atoms with van der Waals surface area (Å²) in [5.74, 6) is -0.733. The van der Waals surface area contributed by atoms with E-state index in [9.17, 15) is 14.7 Å². The number of carboxylic acid groups (broad SMARTS) is 1. The summed E-state index contributed by atoms with van der Waals surface area (Å²) in [5, 5.41) is 10.1. The topological polar surface area (TPSA) is 109 Å². The third kappa shape index (κ3) is 4.39. The van der Waals surface area contributed by atoms with Gasteiger partial charge in [-0.2, -0.15) is 0 Å². The van der Waals surface area contributed by atoms with E-state index in [1.165, 1.54) is 6.33 Å². The van der Waals surface area contributed by atoms with Gasteiger partial charge in [-0.15, -0.1) is 0 Å². The molecule has 1 aliphatic heterocycles. The van der Waals surface area contributed by atoms with Crippen LogP contribution in [0.1, 0.15) is 58.5 Å². The lowest BCUT2D eigenvalue weighted by atomic mass is 9.63. The van der Waals surface area contributed by atoms with Crippen LogP contribution in [-0.2, 0) is 6.42 Å². The van der Waals surface area contributed by atoms with E-state index in [4.69, 9.17) is 17.3 Å². The summed E-state index contributed by atoms with van der Waals surface area (Å²) in [7, 11) is 0. The Labute approximate surface area is 209 Å². The largest absolute Gasteiger partial charge is 0.478 e. The number of fused-ring (bicyclic) bond motifs is 1. The van der Waals surface area contributed by atoms with Crippen molar-refractivity contribution in [2.45, 2.75) is 44.6 Å². The number of aromatic nitrogens is 2. The quantitative estimate of drug-likeness (QED) is 0.639. The number of carbonyl (C=O) groups is 2. The van der Waals surface area contributed by atoms with E-state index in [1.807, 2.05) is 17.0 Å². The Kier molecular flexibility index (Phi) is 6.47. The van der Waals surface area contributed by atoms with Crippen LogP contribution in [-0.4, -0.2) is 51.0 Å². The Morgan fingerprint density at radius 2 is 2.00 bits per heavy atom. The Bertz CT molecular complexity index is 1220. The lowest BCUT2D eigenvalue weighted by molar-refractivity contribution is 0.0431. The van der Waals surface area contributed by atoms with Crippen LogP contribution >= 0.6 is 11.6 Å². The number of halogens is 1. The van der Waals surface area contributed by atoms with Gasteiger partial charge >= 0.3 is 5.97 Å². The van der Waals surface area contributed by atoms with Crippen molar-refractivity contribution in [2.75, 3.05) is 13.1 Å². The molecule has 35 heavy (non-hydrogen) atoms. The summed E-state index contributed by atoms with van der Waals surface area (Å²) in [5.41, 5.74) is 9.03. The van der Waals surface area contributed by atoms with E-state index < -0.39 is 5.97 Å². The van der Waals surface area contributed by atoms with E-state index in [1.54, 1.807) is 18.2 Å². The molecule has 0 saturated heterocycles. The first-order valence-electron chi connectivity index (χ1n) is 12.1. The number of aromatic carboxylic acids is 1. The van der Waals surface area contributed by atoms with Crippen LogP contribution in [0.25, 0.3) is 11.3 Å². The predicted octanol–water partition coefficient (Wildman–Crippen LogP) is 4.43. The minimum atomic E-state index is -0.995. The predicted molar refractivity (Wildman–Crippen MR) is 134 cm³/mol. The molecule has 2 aliphatic carbocycles. The molecule has 0 spiro atoms. The molecule has 1 aromatic heterocycles. The van der Waals surface area contributed by atoms with E-state index in [-0.39, 0.29) is 22.9 Å².